The Labute approximate surface area is 75.6 Å². The summed E-state index contributed by atoms with van der Waals surface area (Å²) in [4.78, 5) is 10.9. The minimum absolute atomic E-state index is 0.114. The quantitative estimate of drug-likeness (QED) is 0.383. The van der Waals surface area contributed by atoms with Crippen molar-refractivity contribution in [3.8, 4) is 0 Å². The topological polar surface area (TPSA) is 26.3 Å². The van der Waals surface area contributed by atoms with Crippen LogP contribution in [0.5, 0.6) is 0 Å². The summed E-state index contributed by atoms with van der Waals surface area (Å²) in [6.45, 7) is 12.0. The van der Waals surface area contributed by atoms with E-state index in [1.807, 2.05) is 6.92 Å². The number of rotatable bonds is 4. The maximum atomic E-state index is 10.9. The Kier molecular flexibility index (Phi) is 4.24. The third kappa shape index (κ3) is 3.71. The first-order chi connectivity index (χ1) is 5.41. The minimum atomic E-state index is -1.36. The number of carbonyl (C=O) groups excluding carboxylic acids is 1. The van der Waals surface area contributed by atoms with Gasteiger partial charge in [-0.2, -0.15) is 0 Å². The van der Waals surface area contributed by atoms with Gasteiger partial charge in [-0.25, -0.2) is 4.79 Å². The van der Waals surface area contributed by atoms with E-state index >= 15 is 0 Å². The molecule has 0 saturated carbocycles. The Bertz CT molecular complexity index is 170. The van der Waals surface area contributed by atoms with Crippen molar-refractivity contribution in [1.29, 1.82) is 0 Å². The maximum absolute atomic E-state index is 10.9. The van der Waals surface area contributed by atoms with E-state index < -0.39 is 8.07 Å². The summed E-state index contributed by atoms with van der Waals surface area (Å²) in [6.07, 6.45) is 2.12. The smallest absolute Gasteiger partial charge is 0.330 e. The summed E-state index contributed by atoms with van der Waals surface area (Å²) < 4.78 is 5.22. The van der Waals surface area contributed by atoms with Gasteiger partial charge in [-0.1, -0.05) is 33.1 Å². The van der Waals surface area contributed by atoms with Crippen molar-refractivity contribution in [3.63, 3.8) is 0 Å². The fraction of sp³-hybridized carbons (Fsp3) is 0.667. The molecule has 0 aromatic carbocycles. The predicted molar refractivity (Wildman–Crippen MR) is 53.7 cm³/mol. The zero-order valence-corrected chi connectivity index (χ0v) is 9.39. The van der Waals surface area contributed by atoms with Gasteiger partial charge in [0.2, 0.25) is 0 Å². The molecule has 0 saturated heterocycles. The highest BCUT2D eigenvalue weighted by molar-refractivity contribution is 6.77. The molecule has 1 unspecified atom stereocenters. The zero-order valence-electron chi connectivity index (χ0n) is 8.39. The van der Waals surface area contributed by atoms with Crippen molar-refractivity contribution in [3.05, 3.63) is 12.7 Å². The largest absolute Gasteiger partial charge is 0.463 e. The van der Waals surface area contributed by atoms with Crippen LogP contribution in [-0.2, 0) is 9.53 Å². The van der Waals surface area contributed by atoms with Gasteiger partial charge in [-0.05, 0) is 6.42 Å². The van der Waals surface area contributed by atoms with Gasteiger partial charge in [0.15, 0.2) is 0 Å². The van der Waals surface area contributed by atoms with Gasteiger partial charge >= 0.3 is 5.97 Å². The van der Waals surface area contributed by atoms with Crippen molar-refractivity contribution < 1.29 is 9.53 Å². The molecule has 0 amide bonds. The summed E-state index contributed by atoms with van der Waals surface area (Å²) in [5.41, 5.74) is 0.114. The van der Waals surface area contributed by atoms with Crippen LogP contribution in [0.25, 0.3) is 0 Å². The lowest BCUT2D eigenvalue weighted by molar-refractivity contribution is -0.140. The van der Waals surface area contributed by atoms with Crippen LogP contribution in [0.3, 0.4) is 0 Å². The third-order valence-corrected chi connectivity index (χ3v) is 4.22. The van der Waals surface area contributed by atoms with Gasteiger partial charge < -0.3 is 4.74 Å². The number of esters is 1. The van der Waals surface area contributed by atoms with E-state index in [-0.39, 0.29) is 11.7 Å². The predicted octanol–water partition coefficient (Wildman–Crippen LogP) is 2.37. The summed E-state index contributed by atoms with van der Waals surface area (Å²) in [5, 5.41) is 0. The molecule has 0 radical (unpaired) electrons. The van der Waals surface area contributed by atoms with E-state index in [1.54, 1.807) is 0 Å². The second-order valence-electron chi connectivity index (χ2n) is 3.90. The molecular formula is C9H18O2Si. The van der Waals surface area contributed by atoms with Crippen LogP contribution in [0, 0.1) is 0 Å². The monoisotopic (exact) mass is 186 g/mol. The molecule has 0 aliphatic carbocycles. The lowest BCUT2D eigenvalue weighted by Crippen LogP contribution is -2.40. The van der Waals surface area contributed by atoms with E-state index in [4.69, 9.17) is 4.74 Å². The van der Waals surface area contributed by atoms with Gasteiger partial charge in [-0.3, -0.25) is 0 Å². The molecule has 0 fully saturated rings. The number of hydrogen-bond acceptors (Lipinski definition) is 2. The molecule has 0 rings (SSSR count). The molecule has 0 aliphatic rings. The molecule has 0 bridgehead atoms. The van der Waals surface area contributed by atoms with Crippen molar-refractivity contribution in [1.82, 2.24) is 0 Å². The lowest BCUT2D eigenvalue weighted by Gasteiger charge is -2.26. The van der Waals surface area contributed by atoms with Gasteiger partial charge in [0.25, 0.3) is 0 Å². The average molecular weight is 186 g/mol. The highest BCUT2D eigenvalue weighted by atomic mass is 28.3. The van der Waals surface area contributed by atoms with Crippen molar-refractivity contribution in [2.45, 2.75) is 38.7 Å². The van der Waals surface area contributed by atoms with E-state index in [1.165, 1.54) is 6.08 Å². The van der Waals surface area contributed by atoms with Gasteiger partial charge in [-0.15, -0.1) is 0 Å². The van der Waals surface area contributed by atoms with Crippen LogP contribution in [0.4, 0.5) is 0 Å². The average Bonchev–Trinajstić information content (AvgIpc) is 1.97. The van der Waals surface area contributed by atoms with Gasteiger partial charge in [0, 0.05) is 6.08 Å². The Balaban J connectivity index is 4.18. The van der Waals surface area contributed by atoms with E-state index in [0.29, 0.717) is 0 Å². The van der Waals surface area contributed by atoms with Crippen LogP contribution in [0.2, 0.25) is 19.6 Å². The third-order valence-electron chi connectivity index (χ3n) is 1.76. The lowest BCUT2D eigenvalue weighted by atomic mass is 10.5. The van der Waals surface area contributed by atoms with E-state index in [2.05, 4.69) is 26.2 Å². The molecule has 0 N–H and O–H groups in total. The summed E-state index contributed by atoms with van der Waals surface area (Å²) in [7, 11) is -1.36. The van der Waals surface area contributed by atoms with Gasteiger partial charge in [0.05, 0.1) is 13.8 Å². The number of ether oxygens (including phenoxy) is 1. The fourth-order valence-electron chi connectivity index (χ4n) is 1.06. The molecule has 70 valence electrons. The van der Waals surface area contributed by atoms with Crippen molar-refractivity contribution in [2.75, 3.05) is 0 Å². The number of hydrogen-bond donors (Lipinski definition) is 0. The van der Waals surface area contributed by atoms with Crippen LogP contribution < -0.4 is 0 Å². The van der Waals surface area contributed by atoms with Crippen molar-refractivity contribution >= 4 is 14.0 Å². The molecule has 0 aromatic rings. The highest BCUT2D eigenvalue weighted by Crippen LogP contribution is 2.14. The van der Waals surface area contributed by atoms with Crippen LogP contribution in [0.1, 0.15) is 13.3 Å². The Morgan fingerprint density at radius 1 is 1.58 bits per heavy atom. The summed E-state index contributed by atoms with van der Waals surface area (Å²) in [6, 6.07) is 0. The Morgan fingerprint density at radius 2 is 2.08 bits per heavy atom. The zero-order chi connectivity index (χ0) is 9.78. The SMILES string of the molecule is C=CC(=O)OC(CC)[Si](C)(C)C. The van der Waals surface area contributed by atoms with Crippen LogP contribution in [0.15, 0.2) is 12.7 Å². The second-order valence-corrected chi connectivity index (χ2v) is 9.28. The number of carbonyl (C=O) groups is 1. The van der Waals surface area contributed by atoms with Gasteiger partial charge in [0.1, 0.15) is 0 Å². The standard InChI is InChI=1S/C9H18O2Si/c1-6-8(10)11-9(7-2)12(3,4)5/h6,9H,1,7H2,2-5H3. The first kappa shape index (κ1) is 11.4. The second kappa shape index (κ2) is 4.45. The van der Waals surface area contributed by atoms with E-state index in [0.717, 1.165) is 6.42 Å². The molecule has 0 heterocycles. The molecule has 1 atom stereocenters. The first-order valence-corrected chi connectivity index (χ1v) is 7.82. The first-order valence-electron chi connectivity index (χ1n) is 4.24. The van der Waals surface area contributed by atoms with E-state index in [9.17, 15) is 4.79 Å². The molecular weight excluding hydrogens is 168 g/mol. The Hall–Kier alpha value is -0.573. The fourth-order valence-corrected chi connectivity index (χ4v) is 2.76. The normalized spacial score (nSPS) is 13.7. The van der Waals surface area contributed by atoms with Crippen LogP contribution in [-0.4, -0.2) is 19.8 Å². The minimum Gasteiger partial charge on any atom is -0.463 e. The summed E-state index contributed by atoms with van der Waals surface area (Å²) >= 11 is 0. The molecule has 12 heavy (non-hydrogen) atoms. The molecule has 3 heteroatoms. The molecule has 0 spiro atoms. The van der Waals surface area contributed by atoms with Crippen molar-refractivity contribution in [2.24, 2.45) is 0 Å². The summed E-state index contributed by atoms with van der Waals surface area (Å²) in [5.74, 6) is -0.302. The highest BCUT2D eigenvalue weighted by Gasteiger charge is 2.27. The molecule has 2 nitrogen and oxygen atoms in total. The molecule has 0 aromatic heterocycles. The maximum Gasteiger partial charge on any atom is 0.330 e. The molecule has 0 aliphatic heterocycles. The van der Waals surface area contributed by atoms with Crippen LogP contribution >= 0.6 is 0 Å². The Morgan fingerprint density at radius 3 is 2.33 bits per heavy atom.